The number of nitrogens with zero attached hydrogens (tertiary/aromatic N) is 1. The first-order valence-corrected chi connectivity index (χ1v) is 12.5. The van der Waals surface area contributed by atoms with Crippen molar-refractivity contribution in [2.24, 2.45) is 0 Å². The summed E-state index contributed by atoms with van der Waals surface area (Å²) >= 11 is 0. The summed E-state index contributed by atoms with van der Waals surface area (Å²) in [7, 11) is 0. The quantitative estimate of drug-likeness (QED) is 0.528. The lowest BCUT2D eigenvalue weighted by Gasteiger charge is -2.34. The number of allylic oxidation sites excluding steroid dienone is 1. The van der Waals surface area contributed by atoms with Crippen molar-refractivity contribution >= 4 is 18.0 Å². The molecular formula is C29H34N2O6. The van der Waals surface area contributed by atoms with Crippen LogP contribution < -0.4 is 5.32 Å². The van der Waals surface area contributed by atoms with Crippen LogP contribution in [0, 0.1) is 0 Å². The maximum Gasteiger partial charge on any atom is 0.407 e. The number of carbonyl (C=O) groups excluding carboxylic acids is 2. The van der Waals surface area contributed by atoms with Crippen molar-refractivity contribution in [3.05, 3.63) is 71.3 Å². The Hall–Kier alpha value is -3.65. The number of carboxylic acids is 1. The number of rotatable bonds is 7. The third kappa shape index (κ3) is 5.25. The van der Waals surface area contributed by atoms with Crippen molar-refractivity contribution in [2.45, 2.75) is 70.9 Å². The van der Waals surface area contributed by atoms with E-state index in [4.69, 9.17) is 9.47 Å². The first-order valence-electron chi connectivity index (χ1n) is 12.5. The summed E-state index contributed by atoms with van der Waals surface area (Å²) in [5, 5.41) is 12.5. The highest BCUT2D eigenvalue weighted by Crippen LogP contribution is 2.44. The molecule has 0 bridgehead atoms. The van der Waals surface area contributed by atoms with Gasteiger partial charge < -0.3 is 19.9 Å². The molecule has 0 unspecified atom stereocenters. The van der Waals surface area contributed by atoms with Crippen molar-refractivity contribution in [3.63, 3.8) is 0 Å². The molecule has 37 heavy (non-hydrogen) atoms. The van der Waals surface area contributed by atoms with Crippen LogP contribution in [0.4, 0.5) is 4.79 Å². The van der Waals surface area contributed by atoms with Crippen LogP contribution in [-0.2, 0) is 19.1 Å². The van der Waals surface area contributed by atoms with E-state index in [1.807, 2.05) is 56.3 Å². The van der Waals surface area contributed by atoms with Crippen LogP contribution in [0.2, 0.25) is 0 Å². The van der Waals surface area contributed by atoms with Gasteiger partial charge in [0.25, 0.3) is 0 Å². The first-order chi connectivity index (χ1) is 17.5. The topological polar surface area (TPSA) is 105 Å². The fourth-order valence-electron chi connectivity index (χ4n) is 5.36. The summed E-state index contributed by atoms with van der Waals surface area (Å²) in [6, 6.07) is 13.9. The Morgan fingerprint density at radius 3 is 2.19 bits per heavy atom. The zero-order valence-corrected chi connectivity index (χ0v) is 21.9. The van der Waals surface area contributed by atoms with Crippen molar-refractivity contribution < 1.29 is 29.0 Å². The Kier molecular flexibility index (Phi) is 7.41. The number of hydrogen-bond acceptors (Lipinski definition) is 5. The Labute approximate surface area is 217 Å². The molecule has 0 aromatic heterocycles. The third-order valence-corrected chi connectivity index (χ3v) is 6.96. The zero-order valence-electron chi connectivity index (χ0n) is 21.9. The van der Waals surface area contributed by atoms with E-state index >= 15 is 0 Å². The normalized spacial score (nSPS) is 20.5. The van der Waals surface area contributed by atoms with Crippen LogP contribution in [0.1, 0.15) is 58.1 Å². The second-order valence-electron chi connectivity index (χ2n) is 10.3. The third-order valence-electron chi connectivity index (χ3n) is 6.96. The van der Waals surface area contributed by atoms with E-state index in [-0.39, 0.29) is 18.9 Å². The van der Waals surface area contributed by atoms with Crippen LogP contribution >= 0.6 is 0 Å². The number of alkyl carbamates (subject to hydrolysis) is 1. The molecule has 1 fully saturated rings. The number of carboxylic acid groups (broad SMARTS) is 1. The molecule has 2 aliphatic rings. The van der Waals surface area contributed by atoms with Crippen molar-refractivity contribution in [1.29, 1.82) is 0 Å². The maximum atomic E-state index is 13.6. The predicted molar refractivity (Wildman–Crippen MR) is 139 cm³/mol. The van der Waals surface area contributed by atoms with Gasteiger partial charge in [0.1, 0.15) is 18.4 Å². The number of benzene rings is 2. The van der Waals surface area contributed by atoms with Crippen molar-refractivity contribution in [3.8, 4) is 11.1 Å². The molecule has 1 heterocycles. The van der Waals surface area contributed by atoms with Gasteiger partial charge in [-0.3, -0.25) is 9.69 Å². The summed E-state index contributed by atoms with van der Waals surface area (Å²) in [5.41, 5.74) is 4.23. The van der Waals surface area contributed by atoms with Gasteiger partial charge in [-0.25, -0.2) is 9.59 Å². The number of carbonyl (C=O) groups is 3. The molecular weight excluding hydrogens is 472 g/mol. The average Bonchev–Trinajstić information content (AvgIpc) is 3.29. The standard InChI is InChI=1S/C29H34N2O6/c1-17(2)14-15-24(26(32)31-25(27(33)34)18(3)37-29(31,4)5)30-28(35)36-16-23-21-12-8-6-10-19(21)20-11-7-9-13-22(20)23/h6-14,18,23-25H,15-16H2,1-5H3,(H,30,35)(H,33,34)/t18-,24+,25+/m1/s1. The number of amides is 2. The van der Waals surface area contributed by atoms with E-state index in [1.165, 1.54) is 4.90 Å². The summed E-state index contributed by atoms with van der Waals surface area (Å²) in [4.78, 5) is 39.8. The van der Waals surface area contributed by atoms with Crippen LogP contribution in [0.3, 0.4) is 0 Å². The van der Waals surface area contributed by atoms with Gasteiger partial charge in [-0.1, -0.05) is 60.2 Å². The van der Waals surface area contributed by atoms with E-state index in [2.05, 4.69) is 17.4 Å². The number of ether oxygens (including phenoxy) is 2. The minimum atomic E-state index is -1.17. The molecule has 2 N–H and O–H groups in total. The number of hydrogen-bond donors (Lipinski definition) is 2. The van der Waals surface area contributed by atoms with Gasteiger partial charge in [-0.05, 0) is 63.3 Å². The van der Waals surface area contributed by atoms with Gasteiger partial charge in [-0.2, -0.15) is 0 Å². The fourth-order valence-corrected chi connectivity index (χ4v) is 5.36. The molecule has 1 saturated heterocycles. The van der Waals surface area contributed by atoms with Gasteiger partial charge in [0.15, 0.2) is 6.04 Å². The minimum Gasteiger partial charge on any atom is -0.480 e. The summed E-state index contributed by atoms with van der Waals surface area (Å²) in [5.74, 6) is -1.81. The average molecular weight is 507 g/mol. The van der Waals surface area contributed by atoms with Crippen molar-refractivity contribution in [2.75, 3.05) is 6.61 Å². The monoisotopic (exact) mass is 506 g/mol. The second-order valence-corrected chi connectivity index (χ2v) is 10.3. The molecule has 0 radical (unpaired) electrons. The van der Waals surface area contributed by atoms with Crippen LogP contribution in [-0.4, -0.2) is 58.5 Å². The zero-order chi connectivity index (χ0) is 26.9. The molecule has 8 nitrogen and oxygen atoms in total. The molecule has 8 heteroatoms. The minimum absolute atomic E-state index is 0.108. The van der Waals surface area contributed by atoms with E-state index in [0.717, 1.165) is 27.8 Å². The van der Waals surface area contributed by atoms with Crippen LogP contribution in [0.5, 0.6) is 0 Å². The van der Waals surface area contributed by atoms with E-state index in [9.17, 15) is 19.5 Å². The smallest absolute Gasteiger partial charge is 0.407 e. The van der Waals surface area contributed by atoms with Gasteiger partial charge >= 0.3 is 12.1 Å². The number of aliphatic carboxylic acids is 1. The Bertz CT molecular complexity index is 1190. The van der Waals surface area contributed by atoms with Crippen LogP contribution in [0.15, 0.2) is 60.2 Å². The molecule has 3 atom stereocenters. The molecule has 0 saturated carbocycles. The Balaban J connectivity index is 1.51. The maximum absolute atomic E-state index is 13.6. The first kappa shape index (κ1) is 26.4. The van der Waals surface area contributed by atoms with Crippen molar-refractivity contribution in [1.82, 2.24) is 10.2 Å². The predicted octanol–water partition coefficient (Wildman–Crippen LogP) is 4.69. The largest absolute Gasteiger partial charge is 0.480 e. The van der Waals surface area contributed by atoms with Gasteiger partial charge in [-0.15, -0.1) is 0 Å². The lowest BCUT2D eigenvalue weighted by molar-refractivity contribution is -0.156. The van der Waals surface area contributed by atoms with E-state index in [1.54, 1.807) is 20.8 Å². The van der Waals surface area contributed by atoms with Crippen LogP contribution in [0.25, 0.3) is 11.1 Å². The van der Waals surface area contributed by atoms with Gasteiger partial charge in [0.05, 0.1) is 6.10 Å². The molecule has 196 valence electrons. The molecule has 2 aromatic rings. The molecule has 4 rings (SSSR count). The number of fused-ring (bicyclic) bond motifs is 3. The van der Waals surface area contributed by atoms with Gasteiger partial charge in [0.2, 0.25) is 5.91 Å². The molecule has 1 aliphatic heterocycles. The SMILES string of the molecule is CC(C)=CC[C@H](NC(=O)OCC1c2ccccc2-c2ccccc21)C(=O)N1[C@H](C(=O)O)[C@@H](C)OC1(C)C. The summed E-state index contributed by atoms with van der Waals surface area (Å²) < 4.78 is 11.4. The van der Waals surface area contributed by atoms with Gasteiger partial charge in [0, 0.05) is 5.92 Å². The highest BCUT2D eigenvalue weighted by molar-refractivity contribution is 5.90. The second kappa shape index (κ2) is 10.4. The summed E-state index contributed by atoms with van der Waals surface area (Å²) in [6.07, 6.45) is 0.587. The lowest BCUT2D eigenvalue weighted by Crippen LogP contribution is -2.58. The highest BCUT2D eigenvalue weighted by Gasteiger charge is 2.52. The molecule has 1 aliphatic carbocycles. The molecule has 2 amide bonds. The molecule has 0 spiro atoms. The Morgan fingerprint density at radius 2 is 1.65 bits per heavy atom. The molecule has 2 aromatic carbocycles. The Morgan fingerprint density at radius 1 is 1.08 bits per heavy atom. The fraction of sp³-hybridized carbons (Fsp3) is 0.414. The number of nitrogens with one attached hydrogen (secondary N) is 1. The van der Waals surface area contributed by atoms with E-state index < -0.39 is 41.9 Å². The summed E-state index contributed by atoms with van der Waals surface area (Å²) in [6.45, 7) is 8.80. The highest BCUT2D eigenvalue weighted by atomic mass is 16.6. The lowest BCUT2D eigenvalue weighted by atomic mass is 9.98. The van der Waals surface area contributed by atoms with E-state index in [0.29, 0.717) is 0 Å².